The summed E-state index contributed by atoms with van der Waals surface area (Å²) in [6.45, 7) is 9.04. The molecule has 3 rings (SSSR count). The lowest BCUT2D eigenvalue weighted by Crippen LogP contribution is -2.45. The number of nitriles is 1. The second-order valence-electron chi connectivity index (χ2n) is 8.27. The maximum Gasteiger partial charge on any atom is 0.266 e. The van der Waals surface area contributed by atoms with Crippen molar-refractivity contribution in [3.63, 3.8) is 0 Å². The fourth-order valence-corrected chi connectivity index (χ4v) is 4.40. The Morgan fingerprint density at radius 2 is 2.00 bits per heavy atom. The highest BCUT2D eigenvalue weighted by Crippen LogP contribution is 2.40. The molecule has 1 amide bonds. The van der Waals surface area contributed by atoms with Gasteiger partial charge in [-0.05, 0) is 69.2 Å². The molecule has 0 spiro atoms. The summed E-state index contributed by atoms with van der Waals surface area (Å²) >= 11 is 12.0. The summed E-state index contributed by atoms with van der Waals surface area (Å²) in [5.74, 6) is -1.18. The van der Waals surface area contributed by atoms with Gasteiger partial charge in [0.05, 0.1) is 16.2 Å². The molecule has 4 nitrogen and oxygen atoms in total. The van der Waals surface area contributed by atoms with Gasteiger partial charge in [-0.25, -0.2) is 4.39 Å². The van der Waals surface area contributed by atoms with Crippen molar-refractivity contribution in [2.75, 3.05) is 16.8 Å². The zero-order valence-corrected chi connectivity index (χ0v) is 19.9. The van der Waals surface area contributed by atoms with Crippen LogP contribution in [-0.4, -0.2) is 18.0 Å². The lowest BCUT2D eigenvalue weighted by Gasteiger charge is -2.43. The number of halogens is 3. The maximum atomic E-state index is 15.1. The zero-order chi connectivity index (χ0) is 23.6. The number of amides is 1. The second-order valence-corrected chi connectivity index (χ2v) is 9.12. The van der Waals surface area contributed by atoms with E-state index >= 15 is 4.39 Å². The summed E-state index contributed by atoms with van der Waals surface area (Å²) in [5, 5.41) is 12.8. The summed E-state index contributed by atoms with van der Waals surface area (Å²) in [6.07, 6.45) is 4.33. The number of anilines is 2. The van der Waals surface area contributed by atoms with E-state index in [0.717, 1.165) is 29.8 Å². The summed E-state index contributed by atoms with van der Waals surface area (Å²) < 4.78 is 15.1. The number of hydrogen-bond acceptors (Lipinski definition) is 3. The first-order valence-electron chi connectivity index (χ1n) is 10.3. The van der Waals surface area contributed by atoms with Crippen LogP contribution in [0.2, 0.25) is 10.0 Å². The Balaban J connectivity index is 1.99. The summed E-state index contributed by atoms with van der Waals surface area (Å²) in [7, 11) is 0. The minimum Gasteiger partial charge on any atom is -0.362 e. The minimum absolute atomic E-state index is 0.168. The van der Waals surface area contributed by atoms with Crippen LogP contribution in [0.1, 0.15) is 45.2 Å². The fourth-order valence-electron chi connectivity index (χ4n) is 3.94. The molecule has 2 aromatic rings. The Labute approximate surface area is 197 Å². The van der Waals surface area contributed by atoms with Crippen molar-refractivity contribution in [1.82, 2.24) is 0 Å². The van der Waals surface area contributed by atoms with E-state index in [1.54, 1.807) is 12.1 Å². The SMILES string of the molecule is CCCN1c2cc(F)c(/C=C(\C#N)C(=O)Nc3ccc(Cl)cc3Cl)cc2C(C)=CC1(C)C. The third-order valence-electron chi connectivity index (χ3n) is 5.39. The molecule has 0 aliphatic carbocycles. The number of carbonyl (C=O) groups excluding carboxylic acids is 1. The average Bonchev–Trinajstić information content (AvgIpc) is 2.71. The van der Waals surface area contributed by atoms with E-state index in [9.17, 15) is 10.1 Å². The van der Waals surface area contributed by atoms with E-state index in [1.165, 1.54) is 24.3 Å². The van der Waals surface area contributed by atoms with Gasteiger partial charge >= 0.3 is 0 Å². The first kappa shape index (κ1) is 23.8. The molecule has 1 aliphatic heterocycles. The van der Waals surface area contributed by atoms with Crippen LogP contribution in [0.15, 0.2) is 42.0 Å². The number of fused-ring (bicyclic) bond motifs is 1. The highest BCUT2D eigenvalue weighted by atomic mass is 35.5. The lowest BCUT2D eigenvalue weighted by molar-refractivity contribution is -0.112. The molecule has 2 aromatic carbocycles. The Morgan fingerprint density at radius 1 is 1.28 bits per heavy atom. The number of nitrogens with zero attached hydrogens (tertiary/aromatic N) is 2. The molecule has 166 valence electrons. The number of carbonyl (C=O) groups is 1. The standard InChI is InChI=1S/C25H24Cl2FN3O/c1-5-8-31-23-12-21(28)16(10-19(23)15(2)13-25(31,3)4)9-17(14-29)24(32)30-22-7-6-18(26)11-20(22)27/h6-7,9-13H,5,8H2,1-4H3,(H,30,32)/b17-9+. The van der Waals surface area contributed by atoms with Crippen LogP contribution < -0.4 is 10.2 Å². The molecule has 0 saturated heterocycles. The number of hydrogen-bond donors (Lipinski definition) is 1. The highest BCUT2D eigenvalue weighted by molar-refractivity contribution is 6.36. The van der Waals surface area contributed by atoms with Gasteiger partial charge in [-0.1, -0.05) is 36.2 Å². The smallest absolute Gasteiger partial charge is 0.266 e. The molecular weight excluding hydrogens is 448 g/mol. The molecule has 32 heavy (non-hydrogen) atoms. The molecule has 0 saturated carbocycles. The van der Waals surface area contributed by atoms with Gasteiger partial charge in [0.15, 0.2) is 0 Å². The van der Waals surface area contributed by atoms with Crippen LogP contribution >= 0.6 is 23.2 Å². The predicted octanol–water partition coefficient (Wildman–Crippen LogP) is 7.09. The molecule has 0 fully saturated rings. The van der Waals surface area contributed by atoms with Crippen molar-refractivity contribution in [3.05, 3.63) is 69.0 Å². The van der Waals surface area contributed by atoms with Gasteiger partial charge in [-0.3, -0.25) is 4.79 Å². The van der Waals surface area contributed by atoms with Gasteiger partial charge < -0.3 is 10.2 Å². The van der Waals surface area contributed by atoms with Crippen LogP contribution in [-0.2, 0) is 4.79 Å². The van der Waals surface area contributed by atoms with Crippen molar-refractivity contribution >= 4 is 52.1 Å². The van der Waals surface area contributed by atoms with Crippen molar-refractivity contribution in [2.45, 2.75) is 39.7 Å². The quantitative estimate of drug-likeness (QED) is 0.373. The lowest BCUT2D eigenvalue weighted by atomic mass is 9.87. The third kappa shape index (κ3) is 4.82. The predicted molar refractivity (Wildman–Crippen MR) is 130 cm³/mol. The highest BCUT2D eigenvalue weighted by Gasteiger charge is 2.31. The zero-order valence-electron chi connectivity index (χ0n) is 18.4. The van der Waals surface area contributed by atoms with Crippen molar-refractivity contribution in [2.24, 2.45) is 0 Å². The van der Waals surface area contributed by atoms with Crippen molar-refractivity contribution < 1.29 is 9.18 Å². The van der Waals surface area contributed by atoms with Gasteiger partial charge in [0.25, 0.3) is 5.91 Å². The Kier molecular flexibility index (Phi) is 6.97. The monoisotopic (exact) mass is 471 g/mol. The van der Waals surface area contributed by atoms with Crippen LogP contribution in [0.4, 0.5) is 15.8 Å². The van der Waals surface area contributed by atoms with Crippen LogP contribution in [0.5, 0.6) is 0 Å². The molecular formula is C25H24Cl2FN3O. The summed E-state index contributed by atoms with van der Waals surface area (Å²) in [4.78, 5) is 14.8. The Morgan fingerprint density at radius 3 is 2.62 bits per heavy atom. The topological polar surface area (TPSA) is 56.1 Å². The van der Waals surface area contributed by atoms with Gasteiger partial charge in [-0.2, -0.15) is 5.26 Å². The van der Waals surface area contributed by atoms with Crippen molar-refractivity contribution in [1.29, 1.82) is 5.26 Å². The molecule has 1 N–H and O–H groups in total. The van der Waals surface area contributed by atoms with Gasteiger partial charge in [-0.15, -0.1) is 0 Å². The van der Waals surface area contributed by atoms with Crippen LogP contribution in [0.3, 0.4) is 0 Å². The second kappa shape index (κ2) is 9.36. The van der Waals surface area contributed by atoms with Crippen molar-refractivity contribution in [3.8, 4) is 6.07 Å². The Hall–Kier alpha value is -2.81. The molecule has 7 heteroatoms. The van der Waals surface area contributed by atoms with E-state index in [2.05, 4.69) is 37.1 Å². The Bertz CT molecular complexity index is 1180. The number of allylic oxidation sites excluding steroid dienone is 1. The maximum absolute atomic E-state index is 15.1. The molecule has 0 unspecified atom stereocenters. The number of rotatable bonds is 5. The largest absolute Gasteiger partial charge is 0.362 e. The van der Waals surface area contributed by atoms with E-state index in [0.29, 0.717) is 10.7 Å². The van der Waals surface area contributed by atoms with E-state index in [-0.39, 0.29) is 21.7 Å². The first-order valence-corrected chi connectivity index (χ1v) is 11.0. The number of benzene rings is 2. The first-order chi connectivity index (χ1) is 15.1. The molecule has 0 atom stereocenters. The van der Waals surface area contributed by atoms with Crippen LogP contribution in [0, 0.1) is 17.1 Å². The molecule has 0 aromatic heterocycles. The molecule has 0 bridgehead atoms. The van der Waals surface area contributed by atoms with E-state index in [4.69, 9.17) is 23.2 Å². The minimum atomic E-state index is -0.685. The average molecular weight is 472 g/mol. The normalized spacial score (nSPS) is 15.0. The fraction of sp³-hybridized carbons (Fsp3) is 0.280. The molecule has 1 aliphatic rings. The summed E-state index contributed by atoms with van der Waals surface area (Å²) in [6, 6.07) is 9.61. The van der Waals surface area contributed by atoms with Crippen LogP contribution in [0.25, 0.3) is 11.6 Å². The van der Waals surface area contributed by atoms with Gasteiger partial charge in [0.1, 0.15) is 17.5 Å². The van der Waals surface area contributed by atoms with Gasteiger partial charge in [0.2, 0.25) is 0 Å². The van der Waals surface area contributed by atoms with Gasteiger partial charge in [0, 0.05) is 28.4 Å². The molecule has 1 heterocycles. The van der Waals surface area contributed by atoms with E-state index in [1.807, 2.05) is 13.0 Å². The van der Waals surface area contributed by atoms with E-state index < -0.39 is 11.7 Å². The number of nitrogens with one attached hydrogen (secondary N) is 1. The summed E-state index contributed by atoms with van der Waals surface area (Å²) in [5.41, 5.74) is 2.70. The molecule has 0 radical (unpaired) electrons. The third-order valence-corrected chi connectivity index (χ3v) is 5.94.